The summed E-state index contributed by atoms with van der Waals surface area (Å²) in [4.78, 5) is 11.4. The quantitative estimate of drug-likeness (QED) is 0.498. The molecule has 0 aliphatic carbocycles. The van der Waals surface area contributed by atoms with Gasteiger partial charge in [-0.3, -0.25) is 0 Å². The highest BCUT2D eigenvalue weighted by molar-refractivity contribution is 5.70. The highest BCUT2D eigenvalue weighted by atomic mass is 16.6. The highest BCUT2D eigenvalue weighted by Crippen LogP contribution is 2.34. The van der Waals surface area contributed by atoms with Crippen LogP contribution < -0.4 is 4.74 Å². The van der Waals surface area contributed by atoms with Crippen LogP contribution in [-0.2, 0) is 31.2 Å². The van der Waals surface area contributed by atoms with E-state index < -0.39 is 11.6 Å². The Labute approximate surface area is 182 Å². The molecule has 0 radical (unpaired) electrons. The fourth-order valence-corrected chi connectivity index (χ4v) is 3.49. The zero-order valence-electron chi connectivity index (χ0n) is 17.8. The topological polar surface area (TPSA) is 54.0 Å². The lowest BCUT2D eigenvalue weighted by Gasteiger charge is -2.41. The van der Waals surface area contributed by atoms with Crippen LogP contribution in [0.4, 0.5) is 0 Å². The van der Waals surface area contributed by atoms with Crippen molar-refractivity contribution in [2.75, 3.05) is 26.9 Å². The van der Waals surface area contributed by atoms with Crippen molar-refractivity contribution in [3.8, 4) is 16.9 Å². The number of esters is 1. The second kappa shape index (κ2) is 9.33. The van der Waals surface area contributed by atoms with Gasteiger partial charge in [0, 0.05) is 0 Å². The molecule has 1 aliphatic rings. The van der Waals surface area contributed by atoms with E-state index in [1.807, 2.05) is 24.3 Å². The summed E-state index contributed by atoms with van der Waals surface area (Å²) in [5.41, 5.74) is 5.07. The van der Waals surface area contributed by atoms with Crippen LogP contribution in [0.25, 0.3) is 11.1 Å². The van der Waals surface area contributed by atoms with Crippen molar-refractivity contribution in [3.63, 3.8) is 0 Å². The van der Waals surface area contributed by atoms with Gasteiger partial charge in [0.05, 0.1) is 20.3 Å². The maximum atomic E-state index is 11.4. The molecule has 0 bridgehead atoms. The summed E-state index contributed by atoms with van der Waals surface area (Å²) in [7, 11) is 1.35. The van der Waals surface area contributed by atoms with E-state index in [2.05, 4.69) is 60.2 Å². The second-order valence-corrected chi connectivity index (χ2v) is 7.73. The zero-order valence-corrected chi connectivity index (χ0v) is 17.8. The molecular weight excluding hydrogens is 392 g/mol. The molecule has 4 rings (SSSR count). The van der Waals surface area contributed by atoms with Crippen molar-refractivity contribution in [2.24, 2.45) is 0 Å². The molecule has 0 atom stereocenters. The number of aryl methyl sites for hydroxylation is 1. The lowest BCUT2D eigenvalue weighted by molar-refractivity contribution is -0.220. The van der Waals surface area contributed by atoms with Gasteiger partial charge in [0.1, 0.15) is 24.6 Å². The summed E-state index contributed by atoms with van der Waals surface area (Å²) in [6.45, 7) is 3.29. The zero-order chi connectivity index (χ0) is 21.7. The molecule has 5 heteroatoms. The van der Waals surface area contributed by atoms with Crippen LogP contribution in [0.1, 0.15) is 16.7 Å². The number of carbonyl (C=O) groups excluding carboxylic acids is 1. The van der Waals surface area contributed by atoms with Crippen LogP contribution in [0.3, 0.4) is 0 Å². The third-order valence-corrected chi connectivity index (χ3v) is 5.46. The van der Waals surface area contributed by atoms with Gasteiger partial charge in [-0.1, -0.05) is 60.2 Å². The number of hydrogen-bond acceptors (Lipinski definition) is 5. The summed E-state index contributed by atoms with van der Waals surface area (Å²) >= 11 is 0. The first kappa shape index (κ1) is 21.1. The number of hydrogen-bond donors (Lipinski definition) is 0. The van der Waals surface area contributed by atoms with Gasteiger partial charge in [-0.15, -0.1) is 0 Å². The molecule has 0 unspecified atom stereocenters. The van der Waals surface area contributed by atoms with Gasteiger partial charge in [0.15, 0.2) is 0 Å². The molecule has 0 spiro atoms. The molecule has 160 valence electrons. The number of ether oxygens (including phenoxy) is 4. The third kappa shape index (κ3) is 4.95. The number of rotatable bonds is 8. The first-order chi connectivity index (χ1) is 15.1. The molecule has 0 N–H and O–H groups in total. The van der Waals surface area contributed by atoms with Crippen LogP contribution in [-0.4, -0.2) is 32.9 Å². The normalized spacial score (nSPS) is 14.5. The summed E-state index contributed by atoms with van der Waals surface area (Å²) in [6, 6.07) is 24.6. The Hall–Kier alpha value is -3.15. The summed E-state index contributed by atoms with van der Waals surface area (Å²) in [5, 5.41) is 0. The Morgan fingerprint density at radius 1 is 0.968 bits per heavy atom. The van der Waals surface area contributed by atoms with Gasteiger partial charge in [-0.05, 0) is 47.4 Å². The van der Waals surface area contributed by atoms with Gasteiger partial charge in [0.25, 0.3) is 0 Å². The van der Waals surface area contributed by atoms with Crippen molar-refractivity contribution in [2.45, 2.75) is 19.1 Å². The molecule has 1 heterocycles. The van der Waals surface area contributed by atoms with E-state index in [4.69, 9.17) is 14.2 Å². The Morgan fingerprint density at radius 2 is 1.71 bits per heavy atom. The van der Waals surface area contributed by atoms with Crippen LogP contribution in [0.2, 0.25) is 0 Å². The standard InChI is InChI=1S/C26H26O5/c1-19-6-8-21(9-7-19)22-5-3-4-20(14-22)15-30-24-12-10-23(11-13-24)26(17-29-18-26)31-16-25(27)28-2/h3-14H,15-18H2,1-2H3. The van der Waals surface area contributed by atoms with Gasteiger partial charge in [-0.25, -0.2) is 4.79 Å². The Bertz CT molecular complexity index is 1020. The molecule has 5 nitrogen and oxygen atoms in total. The van der Waals surface area contributed by atoms with Crippen molar-refractivity contribution in [3.05, 3.63) is 89.5 Å². The molecule has 0 amide bonds. The van der Waals surface area contributed by atoms with E-state index in [0.29, 0.717) is 19.8 Å². The molecule has 1 aliphatic heterocycles. The molecule has 3 aromatic rings. The monoisotopic (exact) mass is 418 g/mol. The van der Waals surface area contributed by atoms with E-state index in [1.165, 1.54) is 23.8 Å². The van der Waals surface area contributed by atoms with Crippen LogP contribution in [0.5, 0.6) is 5.75 Å². The van der Waals surface area contributed by atoms with Crippen molar-refractivity contribution in [1.29, 1.82) is 0 Å². The lowest BCUT2D eigenvalue weighted by atomic mass is 9.91. The molecule has 3 aromatic carbocycles. The molecule has 1 fully saturated rings. The smallest absolute Gasteiger partial charge is 0.331 e. The van der Waals surface area contributed by atoms with Crippen molar-refractivity contribution < 1.29 is 23.7 Å². The minimum Gasteiger partial charge on any atom is -0.489 e. The Morgan fingerprint density at radius 3 is 2.35 bits per heavy atom. The predicted molar refractivity (Wildman–Crippen MR) is 118 cm³/mol. The summed E-state index contributed by atoms with van der Waals surface area (Å²) < 4.78 is 21.8. The largest absolute Gasteiger partial charge is 0.489 e. The molecule has 0 saturated carbocycles. The third-order valence-electron chi connectivity index (χ3n) is 5.46. The molecule has 1 saturated heterocycles. The van der Waals surface area contributed by atoms with E-state index >= 15 is 0 Å². The van der Waals surface area contributed by atoms with Crippen LogP contribution in [0, 0.1) is 6.92 Å². The van der Waals surface area contributed by atoms with Crippen LogP contribution >= 0.6 is 0 Å². The van der Waals surface area contributed by atoms with E-state index in [-0.39, 0.29) is 6.61 Å². The molecule has 0 aromatic heterocycles. The fourth-order valence-electron chi connectivity index (χ4n) is 3.49. The molecular formula is C26H26O5. The average molecular weight is 418 g/mol. The number of benzene rings is 3. The van der Waals surface area contributed by atoms with E-state index in [0.717, 1.165) is 16.9 Å². The lowest BCUT2D eigenvalue weighted by Crippen LogP contribution is -2.49. The summed E-state index contributed by atoms with van der Waals surface area (Å²) in [5.74, 6) is 0.368. The minimum absolute atomic E-state index is 0.102. The highest BCUT2D eigenvalue weighted by Gasteiger charge is 2.42. The van der Waals surface area contributed by atoms with Gasteiger partial charge in [0.2, 0.25) is 0 Å². The minimum atomic E-state index is -0.602. The number of methoxy groups -OCH3 is 1. The molecule has 31 heavy (non-hydrogen) atoms. The van der Waals surface area contributed by atoms with Gasteiger partial charge < -0.3 is 18.9 Å². The van der Waals surface area contributed by atoms with Crippen molar-refractivity contribution >= 4 is 5.97 Å². The van der Waals surface area contributed by atoms with Crippen molar-refractivity contribution in [1.82, 2.24) is 0 Å². The first-order valence-electron chi connectivity index (χ1n) is 10.3. The maximum absolute atomic E-state index is 11.4. The predicted octanol–water partition coefficient (Wildman–Crippen LogP) is 4.66. The second-order valence-electron chi connectivity index (χ2n) is 7.73. The maximum Gasteiger partial charge on any atom is 0.331 e. The summed E-state index contributed by atoms with van der Waals surface area (Å²) in [6.07, 6.45) is 0. The fraction of sp³-hybridized carbons (Fsp3) is 0.269. The number of carbonyl (C=O) groups is 1. The average Bonchev–Trinajstić information content (AvgIpc) is 2.78. The van der Waals surface area contributed by atoms with E-state index in [9.17, 15) is 4.79 Å². The first-order valence-corrected chi connectivity index (χ1v) is 10.3. The van der Waals surface area contributed by atoms with Gasteiger partial charge >= 0.3 is 5.97 Å². The Kier molecular flexibility index (Phi) is 6.35. The SMILES string of the molecule is COC(=O)COC1(c2ccc(OCc3cccc(-c4ccc(C)cc4)c3)cc2)COC1. The van der Waals surface area contributed by atoms with Gasteiger partial charge in [-0.2, -0.15) is 0 Å². The van der Waals surface area contributed by atoms with Crippen LogP contribution in [0.15, 0.2) is 72.8 Å². The Balaban J connectivity index is 1.39. The van der Waals surface area contributed by atoms with E-state index in [1.54, 1.807) is 0 Å².